The third-order valence-corrected chi connectivity index (χ3v) is 6.30. The van der Waals surface area contributed by atoms with Crippen molar-refractivity contribution in [3.8, 4) is 11.1 Å². The van der Waals surface area contributed by atoms with Gasteiger partial charge in [-0.3, -0.25) is 4.98 Å². The molecule has 8 nitrogen and oxygen atoms in total. The zero-order valence-corrected chi connectivity index (χ0v) is 25.2. The van der Waals surface area contributed by atoms with Crippen LogP contribution in [0.25, 0.3) is 11.1 Å². The van der Waals surface area contributed by atoms with Crippen molar-refractivity contribution in [2.24, 2.45) is 5.92 Å². The van der Waals surface area contributed by atoms with E-state index in [0.717, 1.165) is 22.4 Å². The monoisotopic (exact) mass is 560 g/mol. The molecule has 0 bridgehead atoms. The second-order valence-corrected chi connectivity index (χ2v) is 11.4. The Morgan fingerprint density at radius 3 is 2.22 bits per heavy atom. The van der Waals surface area contributed by atoms with Crippen molar-refractivity contribution in [1.29, 1.82) is 0 Å². The minimum atomic E-state index is -0.661. The van der Waals surface area contributed by atoms with Gasteiger partial charge in [-0.2, -0.15) is 0 Å². The maximum Gasteiger partial charge on any atom is 0.407 e. The predicted molar refractivity (Wildman–Crippen MR) is 158 cm³/mol. The number of nitrogens with zero attached hydrogens (tertiary/aromatic N) is 1. The first-order valence-corrected chi connectivity index (χ1v) is 13.7. The maximum atomic E-state index is 13.8. The van der Waals surface area contributed by atoms with E-state index in [1.165, 1.54) is 7.11 Å². The van der Waals surface area contributed by atoms with Crippen LogP contribution in [0.15, 0.2) is 48.5 Å². The first-order chi connectivity index (χ1) is 19.3. The van der Waals surface area contributed by atoms with Crippen LogP contribution in [0, 0.1) is 19.8 Å². The Hall–Kier alpha value is -4.20. The molecule has 218 valence electrons. The van der Waals surface area contributed by atoms with E-state index in [9.17, 15) is 14.4 Å². The minimum Gasteiger partial charge on any atom is -0.465 e. The third-order valence-electron chi connectivity index (χ3n) is 6.30. The Bertz CT molecular complexity index is 1400. The molecule has 0 aliphatic heterocycles. The van der Waals surface area contributed by atoms with Gasteiger partial charge < -0.3 is 19.5 Å². The highest BCUT2D eigenvalue weighted by Crippen LogP contribution is 2.34. The number of amides is 1. The molecular formula is C33H40N2O6. The highest BCUT2D eigenvalue weighted by atomic mass is 16.6. The average Bonchev–Trinajstić information content (AvgIpc) is 2.89. The van der Waals surface area contributed by atoms with E-state index in [1.54, 1.807) is 52.0 Å². The molecule has 1 amide bonds. The molecule has 0 radical (unpaired) electrons. The number of aromatic nitrogens is 1. The van der Waals surface area contributed by atoms with E-state index in [0.29, 0.717) is 34.4 Å². The van der Waals surface area contributed by atoms with Crippen LogP contribution in [-0.4, -0.2) is 35.7 Å². The molecule has 0 saturated heterocycles. The lowest BCUT2D eigenvalue weighted by atomic mass is 9.89. The maximum absolute atomic E-state index is 13.8. The smallest absolute Gasteiger partial charge is 0.407 e. The lowest BCUT2D eigenvalue weighted by molar-refractivity contribution is 0.0460. The third kappa shape index (κ3) is 8.39. The molecule has 8 heteroatoms. The standard InChI is InChI=1S/C33H40N2O6/c1-20(2)17-27-26(18-34-32(38)41-33(5,6)7)29(23-15-13-21(3)14-16-23)28(22(4)35-27)31(37)40-19-24-11-9-10-12-25(24)30(36)39-8/h9-16,20H,17-19H2,1-8H3,(H,34,38). The summed E-state index contributed by atoms with van der Waals surface area (Å²) in [4.78, 5) is 43.5. The summed E-state index contributed by atoms with van der Waals surface area (Å²) in [6.45, 7) is 13.3. The number of benzene rings is 2. The predicted octanol–water partition coefficient (Wildman–Crippen LogP) is 6.73. The van der Waals surface area contributed by atoms with Gasteiger partial charge in [0, 0.05) is 28.9 Å². The Kier molecular flexibility index (Phi) is 10.3. The number of carbonyl (C=O) groups excluding carboxylic acids is 3. The summed E-state index contributed by atoms with van der Waals surface area (Å²) in [6.07, 6.45) is 0.0827. The van der Waals surface area contributed by atoms with Gasteiger partial charge in [0.1, 0.15) is 12.2 Å². The zero-order valence-electron chi connectivity index (χ0n) is 25.2. The molecule has 1 heterocycles. The van der Waals surface area contributed by atoms with Crippen LogP contribution in [0.4, 0.5) is 4.79 Å². The fraction of sp³-hybridized carbons (Fsp3) is 0.394. The molecule has 1 N–H and O–H groups in total. The number of pyridine rings is 1. The zero-order chi connectivity index (χ0) is 30.3. The molecular weight excluding hydrogens is 520 g/mol. The lowest BCUT2D eigenvalue weighted by Crippen LogP contribution is -2.33. The first-order valence-electron chi connectivity index (χ1n) is 13.7. The normalized spacial score (nSPS) is 11.2. The average molecular weight is 561 g/mol. The van der Waals surface area contributed by atoms with Crippen LogP contribution < -0.4 is 5.32 Å². The number of aryl methyl sites for hydroxylation is 2. The number of esters is 2. The summed E-state index contributed by atoms with van der Waals surface area (Å²) in [5, 5.41) is 2.86. The van der Waals surface area contributed by atoms with E-state index in [2.05, 4.69) is 19.2 Å². The molecule has 0 fully saturated rings. The molecule has 0 aliphatic rings. The van der Waals surface area contributed by atoms with Gasteiger partial charge in [-0.1, -0.05) is 61.9 Å². The van der Waals surface area contributed by atoms with Crippen LogP contribution in [0.5, 0.6) is 0 Å². The summed E-state index contributed by atoms with van der Waals surface area (Å²) in [6, 6.07) is 14.7. The molecule has 3 aromatic rings. The van der Waals surface area contributed by atoms with Crippen LogP contribution >= 0.6 is 0 Å². The van der Waals surface area contributed by atoms with Gasteiger partial charge in [0.2, 0.25) is 0 Å². The summed E-state index contributed by atoms with van der Waals surface area (Å²) in [5.74, 6) is -0.816. The fourth-order valence-corrected chi connectivity index (χ4v) is 4.48. The van der Waals surface area contributed by atoms with E-state index in [1.807, 2.05) is 31.2 Å². The number of nitrogens with one attached hydrogen (secondary N) is 1. The molecule has 0 atom stereocenters. The Labute approximate surface area is 242 Å². The number of rotatable bonds is 9. The molecule has 41 heavy (non-hydrogen) atoms. The number of alkyl carbamates (subject to hydrolysis) is 1. The van der Waals surface area contributed by atoms with Crippen molar-refractivity contribution in [1.82, 2.24) is 10.3 Å². The number of hydrogen-bond donors (Lipinski definition) is 1. The van der Waals surface area contributed by atoms with Gasteiger partial charge in [-0.05, 0) is 58.6 Å². The van der Waals surface area contributed by atoms with Gasteiger partial charge in [-0.15, -0.1) is 0 Å². The van der Waals surface area contributed by atoms with E-state index in [4.69, 9.17) is 19.2 Å². The van der Waals surface area contributed by atoms with Gasteiger partial charge in [0.15, 0.2) is 0 Å². The van der Waals surface area contributed by atoms with Crippen molar-refractivity contribution in [2.75, 3.05) is 7.11 Å². The van der Waals surface area contributed by atoms with Crippen molar-refractivity contribution in [3.05, 3.63) is 87.7 Å². The highest BCUT2D eigenvalue weighted by Gasteiger charge is 2.27. The van der Waals surface area contributed by atoms with Crippen LogP contribution in [0.2, 0.25) is 0 Å². The quantitative estimate of drug-likeness (QED) is 0.228. The summed E-state index contributed by atoms with van der Waals surface area (Å²) >= 11 is 0. The van der Waals surface area contributed by atoms with Crippen molar-refractivity contribution < 1.29 is 28.6 Å². The molecule has 2 aromatic carbocycles. The number of hydrogen-bond acceptors (Lipinski definition) is 7. The van der Waals surface area contributed by atoms with Crippen LogP contribution in [0.1, 0.15) is 83.4 Å². The van der Waals surface area contributed by atoms with Crippen LogP contribution in [-0.2, 0) is 33.8 Å². The van der Waals surface area contributed by atoms with E-state index >= 15 is 0 Å². The van der Waals surface area contributed by atoms with Gasteiger partial charge >= 0.3 is 18.0 Å². The van der Waals surface area contributed by atoms with Gasteiger partial charge in [0.25, 0.3) is 0 Å². The fourth-order valence-electron chi connectivity index (χ4n) is 4.48. The number of carbonyl (C=O) groups is 3. The molecule has 0 unspecified atom stereocenters. The van der Waals surface area contributed by atoms with Crippen molar-refractivity contribution in [2.45, 2.75) is 73.6 Å². The summed E-state index contributed by atoms with van der Waals surface area (Å²) in [5.41, 5.74) is 5.04. The second-order valence-electron chi connectivity index (χ2n) is 11.4. The van der Waals surface area contributed by atoms with E-state index < -0.39 is 23.6 Å². The lowest BCUT2D eigenvalue weighted by Gasteiger charge is -2.23. The Morgan fingerprint density at radius 1 is 0.951 bits per heavy atom. The molecule has 0 spiro atoms. The highest BCUT2D eigenvalue weighted by molar-refractivity contribution is 5.99. The summed E-state index contributed by atoms with van der Waals surface area (Å²) < 4.78 is 16.1. The van der Waals surface area contributed by atoms with Crippen molar-refractivity contribution in [3.63, 3.8) is 0 Å². The largest absolute Gasteiger partial charge is 0.465 e. The molecule has 0 saturated carbocycles. The van der Waals surface area contributed by atoms with Gasteiger partial charge in [0.05, 0.1) is 23.9 Å². The Balaban J connectivity index is 2.12. The molecule has 3 rings (SSSR count). The molecule has 1 aromatic heterocycles. The Morgan fingerprint density at radius 2 is 1.61 bits per heavy atom. The SMILES string of the molecule is COC(=O)c1ccccc1COC(=O)c1c(C)nc(CC(C)C)c(CNC(=O)OC(C)(C)C)c1-c1ccc(C)cc1. The first kappa shape index (κ1) is 31.3. The van der Waals surface area contributed by atoms with E-state index in [-0.39, 0.29) is 19.1 Å². The molecule has 0 aliphatic carbocycles. The number of methoxy groups -OCH3 is 1. The minimum absolute atomic E-state index is 0.110. The van der Waals surface area contributed by atoms with Crippen LogP contribution in [0.3, 0.4) is 0 Å². The topological polar surface area (TPSA) is 104 Å². The number of ether oxygens (including phenoxy) is 3. The summed E-state index contributed by atoms with van der Waals surface area (Å²) in [7, 11) is 1.31. The van der Waals surface area contributed by atoms with Gasteiger partial charge in [-0.25, -0.2) is 14.4 Å². The second kappa shape index (κ2) is 13.4. The van der Waals surface area contributed by atoms with Crippen molar-refractivity contribution >= 4 is 18.0 Å².